The number of ether oxygens (including phenoxy) is 2. The minimum Gasteiger partial charge on any atom is -0.506 e. The van der Waals surface area contributed by atoms with Gasteiger partial charge in [-0.25, -0.2) is 0 Å². The van der Waals surface area contributed by atoms with Crippen LogP contribution in [0.5, 0.6) is 17.2 Å². The number of hydrogen-bond donors (Lipinski definition) is 2. The Kier molecular flexibility index (Phi) is 10.0. The maximum Gasteiger partial charge on any atom is 0.573 e. The number of rotatable bonds is 5. The molecule has 2 aromatic rings. The van der Waals surface area contributed by atoms with E-state index in [1.807, 2.05) is 0 Å². The summed E-state index contributed by atoms with van der Waals surface area (Å²) < 4.78 is 47.1. The van der Waals surface area contributed by atoms with Gasteiger partial charge in [0.25, 0.3) is 0 Å². The van der Waals surface area contributed by atoms with E-state index in [0.29, 0.717) is 15.8 Å². The van der Waals surface area contributed by atoms with Gasteiger partial charge in [-0.2, -0.15) is 0 Å². The van der Waals surface area contributed by atoms with Gasteiger partial charge in [-0.05, 0) is 45.8 Å². The van der Waals surface area contributed by atoms with Crippen LogP contribution in [0.25, 0.3) is 0 Å². The zero-order valence-corrected chi connectivity index (χ0v) is 19.1. The molecule has 168 valence electrons. The van der Waals surface area contributed by atoms with Crippen LogP contribution in [-0.2, 0) is 0 Å². The first-order valence-electron chi connectivity index (χ1n) is 8.65. The van der Waals surface area contributed by atoms with Gasteiger partial charge in [0.1, 0.15) is 17.2 Å². The lowest BCUT2D eigenvalue weighted by molar-refractivity contribution is -0.274. The number of piperazine rings is 1. The normalized spacial score (nSPS) is 15.5. The van der Waals surface area contributed by atoms with E-state index in [9.17, 15) is 18.3 Å². The third-order valence-corrected chi connectivity index (χ3v) is 5.15. The summed E-state index contributed by atoms with van der Waals surface area (Å²) in [5.41, 5.74) is 1.35. The predicted octanol–water partition coefficient (Wildman–Crippen LogP) is 4.90. The van der Waals surface area contributed by atoms with E-state index in [1.54, 1.807) is 24.3 Å². The van der Waals surface area contributed by atoms with Gasteiger partial charge in [-0.1, -0.05) is 12.1 Å². The number of methoxy groups -OCH3 is 1. The van der Waals surface area contributed by atoms with Crippen molar-refractivity contribution in [3.8, 4) is 17.2 Å². The molecule has 0 bridgehead atoms. The van der Waals surface area contributed by atoms with Gasteiger partial charge in [-0.3, -0.25) is 4.90 Å². The van der Waals surface area contributed by atoms with E-state index in [-0.39, 0.29) is 42.4 Å². The number of alkyl halides is 3. The van der Waals surface area contributed by atoms with E-state index in [4.69, 9.17) is 4.74 Å². The van der Waals surface area contributed by atoms with Crippen molar-refractivity contribution in [3.63, 3.8) is 0 Å². The number of nitrogens with zero attached hydrogens (tertiary/aromatic N) is 1. The molecule has 3 rings (SSSR count). The maximum atomic E-state index is 12.4. The Bertz CT molecular complexity index is 820. The molecule has 2 N–H and O–H groups in total. The number of phenolic OH excluding ortho intramolecular Hbond substituents is 1. The molecule has 1 heterocycles. The van der Waals surface area contributed by atoms with Gasteiger partial charge >= 0.3 is 6.36 Å². The monoisotopic (exact) mass is 532 g/mol. The van der Waals surface area contributed by atoms with Crippen LogP contribution in [0.1, 0.15) is 17.2 Å². The van der Waals surface area contributed by atoms with E-state index >= 15 is 0 Å². The molecule has 5 nitrogen and oxygen atoms in total. The fourth-order valence-corrected chi connectivity index (χ4v) is 3.75. The largest absolute Gasteiger partial charge is 0.573 e. The Labute approximate surface area is 193 Å². The van der Waals surface area contributed by atoms with Crippen molar-refractivity contribution in [2.75, 3.05) is 33.3 Å². The maximum absolute atomic E-state index is 12.4. The Hall–Kier alpha value is -1.39. The Balaban J connectivity index is 0.00000225. The zero-order valence-electron chi connectivity index (χ0n) is 15.9. The van der Waals surface area contributed by atoms with Crippen molar-refractivity contribution in [1.82, 2.24) is 10.2 Å². The van der Waals surface area contributed by atoms with Crippen LogP contribution in [0.15, 0.2) is 40.9 Å². The van der Waals surface area contributed by atoms with Gasteiger partial charge in [0, 0.05) is 31.7 Å². The summed E-state index contributed by atoms with van der Waals surface area (Å²) in [4.78, 5) is 2.16. The van der Waals surface area contributed by atoms with Gasteiger partial charge in [-0.15, -0.1) is 38.0 Å². The fraction of sp³-hybridized carbons (Fsp3) is 0.368. The van der Waals surface area contributed by atoms with Crippen LogP contribution in [-0.4, -0.2) is 49.7 Å². The number of nitrogens with one attached hydrogen (secondary N) is 1. The average Bonchev–Trinajstić information content (AvgIpc) is 2.66. The second-order valence-electron chi connectivity index (χ2n) is 6.35. The highest BCUT2D eigenvalue weighted by Crippen LogP contribution is 2.41. The Morgan fingerprint density at radius 3 is 2.20 bits per heavy atom. The standard InChI is InChI=1S/C19H20BrF3N2O3.2ClH/c1-27-14-10-15(18(26)16(20)11-14)17(25-8-6-24-7-9-25)12-2-4-13(5-3-12)28-19(21,22)23;;/h2-5,10-11,17,24,26H,6-9H2,1H3;2*1H/t17-;;/m0../s1. The smallest absolute Gasteiger partial charge is 0.506 e. The first kappa shape index (κ1) is 26.6. The predicted molar refractivity (Wildman–Crippen MR) is 116 cm³/mol. The average molecular weight is 534 g/mol. The SMILES string of the molecule is COc1cc(Br)c(O)c([C@H](c2ccc(OC(F)(F)F)cc2)N2CCNCC2)c1.Cl.Cl. The van der Waals surface area contributed by atoms with Crippen molar-refractivity contribution in [3.05, 3.63) is 52.0 Å². The molecular weight excluding hydrogens is 512 g/mol. The summed E-state index contributed by atoms with van der Waals surface area (Å²) in [5.74, 6) is 0.350. The van der Waals surface area contributed by atoms with Crippen LogP contribution in [0.2, 0.25) is 0 Å². The lowest BCUT2D eigenvalue weighted by atomic mass is 9.95. The molecule has 1 fully saturated rings. The molecule has 0 unspecified atom stereocenters. The van der Waals surface area contributed by atoms with Crippen molar-refractivity contribution in [2.45, 2.75) is 12.4 Å². The summed E-state index contributed by atoms with van der Waals surface area (Å²) in [7, 11) is 1.53. The molecule has 1 aliphatic heterocycles. The van der Waals surface area contributed by atoms with Crippen molar-refractivity contribution in [2.24, 2.45) is 0 Å². The summed E-state index contributed by atoms with van der Waals surface area (Å²) >= 11 is 3.34. The highest BCUT2D eigenvalue weighted by Gasteiger charge is 2.32. The molecule has 11 heteroatoms. The summed E-state index contributed by atoms with van der Waals surface area (Å²) in [6.45, 7) is 2.99. The van der Waals surface area contributed by atoms with Crippen LogP contribution in [0, 0.1) is 0 Å². The van der Waals surface area contributed by atoms with E-state index in [1.165, 1.54) is 19.2 Å². The van der Waals surface area contributed by atoms with Crippen LogP contribution >= 0.6 is 40.7 Å². The minimum atomic E-state index is -4.74. The quantitative estimate of drug-likeness (QED) is 0.572. The second kappa shape index (κ2) is 11.3. The molecule has 0 radical (unpaired) electrons. The second-order valence-corrected chi connectivity index (χ2v) is 7.21. The van der Waals surface area contributed by atoms with E-state index in [2.05, 4.69) is 30.9 Å². The number of phenols is 1. The molecule has 2 aromatic carbocycles. The van der Waals surface area contributed by atoms with Crippen molar-refractivity contribution < 1.29 is 27.8 Å². The molecular formula is C19H22BrCl2F3N2O3. The number of aromatic hydroxyl groups is 1. The van der Waals surface area contributed by atoms with Crippen LogP contribution in [0.4, 0.5) is 13.2 Å². The van der Waals surface area contributed by atoms with Crippen LogP contribution in [0.3, 0.4) is 0 Å². The first-order valence-corrected chi connectivity index (χ1v) is 9.44. The fourth-order valence-electron chi connectivity index (χ4n) is 3.30. The molecule has 0 spiro atoms. The zero-order chi connectivity index (χ0) is 20.3. The van der Waals surface area contributed by atoms with Gasteiger partial charge < -0.3 is 19.9 Å². The van der Waals surface area contributed by atoms with E-state index in [0.717, 1.165) is 31.7 Å². The topological polar surface area (TPSA) is 54.0 Å². The number of halogens is 6. The molecule has 30 heavy (non-hydrogen) atoms. The molecule has 0 amide bonds. The highest BCUT2D eigenvalue weighted by molar-refractivity contribution is 9.10. The van der Waals surface area contributed by atoms with Crippen LogP contribution < -0.4 is 14.8 Å². The van der Waals surface area contributed by atoms with Crippen molar-refractivity contribution in [1.29, 1.82) is 0 Å². The molecule has 0 aliphatic carbocycles. The van der Waals surface area contributed by atoms with Gasteiger partial charge in [0.05, 0.1) is 17.6 Å². The highest BCUT2D eigenvalue weighted by atomic mass is 79.9. The lowest BCUT2D eigenvalue weighted by Crippen LogP contribution is -2.45. The molecule has 0 saturated carbocycles. The summed E-state index contributed by atoms with van der Waals surface area (Å²) in [6, 6.07) is 8.78. The third kappa shape index (κ3) is 6.55. The molecule has 1 aliphatic rings. The summed E-state index contributed by atoms with van der Waals surface area (Å²) in [5, 5.41) is 13.9. The Morgan fingerprint density at radius 1 is 1.07 bits per heavy atom. The summed E-state index contributed by atoms with van der Waals surface area (Å²) in [6.07, 6.45) is -4.74. The molecule has 1 atom stereocenters. The minimum absolute atomic E-state index is 0. The molecule has 1 saturated heterocycles. The number of benzene rings is 2. The molecule has 0 aromatic heterocycles. The number of hydrogen-bond acceptors (Lipinski definition) is 5. The Morgan fingerprint density at radius 2 is 1.67 bits per heavy atom. The van der Waals surface area contributed by atoms with E-state index < -0.39 is 6.36 Å². The van der Waals surface area contributed by atoms with Gasteiger partial charge in [0.2, 0.25) is 0 Å². The lowest BCUT2D eigenvalue weighted by Gasteiger charge is -2.36. The van der Waals surface area contributed by atoms with Gasteiger partial charge in [0.15, 0.2) is 0 Å². The first-order chi connectivity index (χ1) is 13.3. The third-order valence-electron chi connectivity index (χ3n) is 4.54. The van der Waals surface area contributed by atoms with Crippen molar-refractivity contribution >= 4 is 40.7 Å².